The Morgan fingerprint density at radius 2 is 2.07 bits per heavy atom. The Balaban J connectivity index is 1.49. The Labute approximate surface area is 170 Å². The fourth-order valence-corrected chi connectivity index (χ4v) is 3.95. The smallest absolute Gasteiger partial charge is 0.342 e. The van der Waals surface area contributed by atoms with Crippen LogP contribution in [0, 0.1) is 13.8 Å². The van der Waals surface area contributed by atoms with E-state index < -0.39 is 12.0 Å². The van der Waals surface area contributed by atoms with Crippen LogP contribution in [0.3, 0.4) is 0 Å². The van der Waals surface area contributed by atoms with E-state index in [-0.39, 0.29) is 17.6 Å². The summed E-state index contributed by atoms with van der Waals surface area (Å²) in [6.45, 7) is 5.41. The maximum absolute atomic E-state index is 13.0. The number of nitrogens with zero attached hydrogens (tertiary/aromatic N) is 7. The van der Waals surface area contributed by atoms with Crippen molar-refractivity contribution in [3.05, 3.63) is 41.2 Å². The molecule has 1 aliphatic heterocycles. The van der Waals surface area contributed by atoms with Crippen molar-refractivity contribution in [2.75, 3.05) is 13.1 Å². The lowest BCUT2D eigenvalue weighted by Crippen LogP contribution is -2.40. The van der Waals surface area contributed by atoms with Crippen LogP contribution in [0.15, 0.2) is 18.3 Å². The van der Waals surface area contributed by atoms with Gasteiger partial charge in [0.25, 0.3) is 11.6 Å². The van der Waals surface area contributed by atoms with Crippen LogP contribution in [0.4, 0.5) is 13.2 Å². The van der Waals surface area contributed by atoms with Gasteiger partial charge in [0.2, 0.25) is 5.91 Å². The molecule has 0 aliphatic carbocycles. The van der Waals surface area contributed by atoms with E-state index in [0.717, 1.165) is 28.7 Å². The first-order valence-corrected chi connectivity index (χ1v) is 9.80. The minimum atomic E-state index is -4.64. The van der Waals surface area contributed by atoms with Gasteiger partial charge in [0.15, 0.2) is 0 Å². The zero-order chi connectivity index (χ0) is 21.5. The number of aromatic nitrogens is 6. The number of halogens is 3. The maximum Gasteiger partial charge on any atom is 0.453 e. The summed E-state index contributed by atoms with van der Waals surface area (Å²) >= 11 is 0. The van der Waals surface area contributed by atoms with Crippen LogP contribution in [0.25, 0.3) is 5.78 Å². The van der Waals surface area contributed by atoms with E-state index in [1.807, 2.05) is 24.6 Å². The van der Waals surface area contributed by atoms with Crippen LogP contribution in [0.2, 0.25) is 0 Å². The molecule has 0 N–H and O–H groups in total. The van der Waals surface area contributed by atoms with Gasteiger partial charge in [0, 0.05) is 43.9 Å². The molecule has 30 heavy (non-hydrogen) atoms. The molecule has 1 amide bonds. The second-order valence-electron chi connectivity index (χ2n) is 7.59. The van der Waals surface area contributed by atoms with E-state index in [1.54, 1.807) is 11.0 Å². The number of hydrogen-bond acceptors (Lipinski definition) is 5. The Morgan fingerprint density at radius 1 is 1.27 bits per heavy atom. The monoisotopic (exact) mass is 421 g/mol. The lowest BCUT2D eigenvalue weighted by atomic mass is 9.94. The summed E-state index contributed by atoms with van der Waals surface area (Å²) in [6.07, 6.45) is -1.36. The number of carbonyl (C=O) groups is 1. The molecular formula is C19H22F3N7O. The molecule has 4 rings (SSSR count). The highest BCUT2D eigenvalue weighted by Gasteiger charge is 2.37. The van der Waals surface area contributed by atoms with Gasteiger partial charge < -0.3 is 4.90 Å². The summed E-state index contributed by atoms with van der Waals surface area (Å²) in [5.74, 6) is -1.43. The van der Waals surface area contributed by atoms with E-state index in [9.17, 15) is 18.0 Å². The van der Waals surface area contributed by atoms with E-state index >= 15 is 0 Å². The normalized spacial score (nSPS) is 17.6. The average molecular weight is 421 g/mol. The van der Waals surface area contributed by atoms with Crippen LogP contribution in [0.1, 0.15) is 48.1 Å². The van der Waals surface area contributed by atoms with Crippen molar-refractivity contribution in [2.24, 2.45) is 0 Å². The number of amides is 1. The van der Waals surface area contributed by atoms with E-state index in [4.69, 9.17) is 0 Å². The molecule has 3 aromatic heterocycles. The zero-order valence-corrected chi connectivity index (χ0v) is 16.7. The molecule has 3 aromatic rings. The maximum atomic E-state index is 13.0. The molecule has 1 aliphatic rings. The molecule has 160 valence electrons. The third-order valence-corrected chi connectivity index (χ3v) is 5.36. The summed E-state index contributed by atoms with van der Waals surface area (Å²) in [6, 6.07) is 3.61. The van der Waals surface area contributed by atoms with Crippen molar-refractivity contribution in [1.82, 2.24) is 34.3 Å². The summed E-state index contributed by atoms with van der Waals surface area (Å²) < 4.78 is 42.0. The average Bonchev–Trinajstić information content (AvgIpc) is 3.28. The third kappa shape index (κ3) is 4.01. The van der Waals surface area contributed by atoms with E-state index in [0.29, 0.717) is 31.7 Å². The lowest BCUT2D eigenvalue weighted by Gasteiger charge is -2.33. The molecule has 4 heterocycles. The summed E-state index contributed by atoms with van der Waals surface area (Å²) in [7, 11) is 0. The van der Waals surface area contributed by atoms with Crippen LogP contribution in [0.5, 0.6) is 0 Å². The largest absolute Gasteiger partial charge is 0.453 e. The van der Waals surface area contributed by atoms with E-state index in [1.165, 1.54) is 6.20 Å². The van der Waals surface area contributed by atoms with Crippen LogP contribution in [-0.4, -0.2) is 53.3 Å². The van der Waals surface area contributed by atoms with Crippen molar-refractivity contribution in [3.63, 3.8) is 0 Å². The number of rotatable bonds is 4. The topological polar surface area (TPSA) is 81.2 Å². The van der Waals surface area contributed by atoms with Gasteiger partial charge in [-0.25, -0.2) is 9.50 Å². The molecule has 0 saturated carbocycles. The first-order chi connectivity index (χ1) is 14.2. The number of hydrogen-bond donors (Lipinski definition) is 0. The predicted octanol–water partition coefficient (Wildman–Crippen LogP) is 2.75. The predicted molar refractivity (Wildman–Crippen MR) is 101 cm³/mol. The van der Waals surface area contributed by atoms with Gasteiger partial charge in [0.05, 0.1) is 11.4 Å². The highest BCUT2D eigenvalue weighted by Crippen LogP contribution is 2.30. The molecule has 1 saturated heterocycles. The van der Waals surface area contributed by atoms with Gasteiger partial charge >= 0.3 is 6.18 Å². The van der Waals surface area contributed by atoms with Gasteiger partial charge in [0.1, 0.15) is 0 Å². The van der Waals surface area contributed by atoms with Crippen molar-refractivity contribution < 1.29 is 18.0 Å². The SMILES string of the molecule is Cc1cc(C)n(CCC(=O)N2CCC[C@@H](c3ccnc4nc(C(F)(F)F)nn34)C2)n1. The van der Waals surface area contributed by atoms with Crippen molar-refractivity contribution in [1.29, 1.82) is 0 Å². The Morgan fingerprint density at radius 3 is 2.77 bits per heavy atom. The Hall–Kier alpha value is -2.98. The Kier molecular flexibility index (Phi) is 5.20. The van der Waals surface area contributed by atoms with Crippen LogP contribution in [-0.2, 0) is 17.5 Å². The summed E-state index contributed by atoms with van der Waals surface area (Å²) in [4.78, 5) is 21.9. The lowest BCUT2D eigenvalue weighted by molar-refractivity contribution is -0.144. The van der Waals surface area contributed by atoms with Gasteiger partial charge in [-0.05, 0) is 38.8 Å². The number of piperidine rings is 1. The molecule has 0 radical (unpaired) electrons. The molecule has 1 fully saturated rings. The summed E-state index contributed by atoms with van der Waals surface area (Å²) in [5, 5.41) is 7.99. The van der Waals surface area contributed by atoms with Crippen LogP contribution >= 0.6 is 0 Å². The highest BCUT2D eigenvalue weighted by atomic mass is 19.4. The fourth-order valence-electron chi connectivity index (χ4n) is 3.95. The molecule has 11 heteroatoms. The van der Waals surface area contributed by atoms with Crippen molar-refractivity contribution in [2.45, 2.75) is 51.7 Å². The minimum Gasteiger partial charge on any atom is -0.342 e. The van der Waals surface area contributed by atoms with Crippen molar-refractivity contribution >= 4 is 11.7 Å². The zero-order valence-electron chi connectivity index (χ0n) is 16.7. The number of alkyl halides is 3. The second kappa shape index (κ2) is 7.69. The first-order valence-electron chi connectivity index (χ1n) is 9.80. The molecular weight excluding hydrogens is 399 g/mol. The number of likely N-dealkylation sites (tertiary alicyclic amines) is 1. The molecule has 0 aromatic carbocycles. The second-order valence-corrected chi connectivity index (χ2v) is 7.59. The van der Waals surface area contributed by atoms with Crippen molar-refractivity contribution in [3.8, 4) is 0 Å². The quantitative estimate of drug-likeness (QED) is 0.647. The molecule has 0 spiro atoms. The van der Waals surface area contributed by atoms with E-state index in [2.05, 4.69) is 20.2 Å². The molecule has 8 nitrogen and oxygen atoms in total. The standard InChI is InChI=1S/C19H22F3N7O/c1-12-10-13(2)28(25-12)9-6-16(30)27-8-3-4-14(11-27)15-5-7-23-18-24-17(19(20,21)22)26-29(15)18/h5,7,10,14H,3-4,6,8-9,11H2,1-2H3/t14-/m1/s1. The highest BCUT2D eigenvalue weighted by molar-refractivity contribution is 5.76. The van der Waals surface area contributed by atoms with Gasteiger partial charge in [-0.15, -0.1) is 5.10 Å². The van der Waals surface area contributed by atoms with Gasteiger partial charge in [-0.1, -0.05) is 0 Å². The number of fused-ring (bicyclic) bond motifs is 1. The van der Waals surface area contributed by atoms with Gasteiger partial charge in [-0.3, -0.25) is 9.48 Å². The first kappa shape index (κ1) is 20.3. The van der Waals surface area contributed by atoms with Crippen LogP contribution < -0.4 is 0 Å². The molecule has 0 bridgehead atoms. The fraction of sp³-hybridized carbons (Fsp3) is 0.526. The number of aryl methyl sites for hydroxylation is 3. The third-order valence-electron chi connectivity index (χ3n) is 5.36. The summed E-state index contributed by atoms with van der Waals surface area (Å²) in [5.41, 5.74) is 2.49. The molecule has 0 unspecified atom stereocenters. The number of carbonyl (C=O) groups excluding carboxylic acids is 1. The molecule has 1 atom stereocenters. The van der Waals surface area contributed by atoms with Gasteiger partial charge in [-0.2, -0.15) is 23.3 Å². The Bertz CT molecular complexity index is 1070. The minimum absolute atomic E-state index is 0.00660.